The first-order valence-electron chi connectivity index (χ1n) is 14.0. The number of carboxylic acids is 1. The smallest absolute Gasteiger partial charge is 0.338 e. The topological polar surface area (TPSA) is 128 Å². The zero-order chi connectivity index (χ0) is 31.0. The quantitative estimate of drug-likeness (QED) is 0.352. The van der Waals surface area contributed by atoms with Crippen molar-refractivity contribution in [3.8, 4) is 0 Å². The van der Waals surface area contributed by atoms with E-state index in [4.69, 9.17) is 21.3 Å². The average molecular weight is 639 g/mol. The number of hydrogen-bond donors (Lipinski definition) is 2. The fourth-order valence-electron chi connectivity index (χ4n) is 5.74. The third kappa shape index (κ3) is 5.65. The zero-order valence-corrected chi connectivity index (χ0v) is 25.1. The Morgan fingerprint density at radius 2 is 2.02 bits per heavy atom. The highest BCUT2D eigenvalue weighted by Crippen LogP contribution is 2.38. The first kappa shape index (κ1) is 29.7. The van der Waals surface area contributed by atoms with Crippen LogP contribution in [0, 0.1) is 5.82 Å². The molecular weight excluding hydrogens is 611 g/mol. The molecule has 1 aromatic heterocycles. The van der Waals surface area contributed by atoms with Crippen molar-refractivity contribution in [2.24, 2.45) is 4.99 Å². The molecule has 2 amide bonds. The van der Waals surface area contributed by atoms with Crippen molar-refractivity contribution in [3.63, 3.8) is 0 Å². The van der Waals surface area contributed by atoms with Crippen LogP contribution in [-0.4, -0.2) is 89.1 Å². The van der Waals surface area contributed by atoms with Crippen molar-refractivity contribution >= 4 is 52.4 Å². The molecule has 6 rings (SSSR count). The average Bonchev–Trinajstić information content (AvgIpc) is 3.67. The number of nitrogens with zero attached hydrogens (tertiary/aromatic N) is 5. The Kier molecular flexibility index (Phi) is 8.34. The molecule has 2 aromatic carbocycles. The van der Waals surface area contributed by atoms with E-state index in [2.05, 4.69) is 15.2 Å². The Morgan fingerprint density at radius 3 is 2.77 bits per heavy atom. The lowest BCUT2D eigenvalue weighted by atomic mass is 9.95. The third-order valence-electron chi connectivity index (χ3n) is 7.76. The van der Waals surface area contributed by atoms with Crippen LogP contribution in [0.25, 0.3) is 0 Å². The van der Waals surface area contributed by atoms with Gasteiger partial charge in [-0.25, -0.2) is 23.8 Å². The van der Waals surface area contributed by atoms with Crippen molar-refractivity contribution in [2.45, 2.75) is 19.0 Å². The lowest BCUT2D eigenvalue weighted by molar-refractivity contribution is -0.139. The minimum atomic E-state index is -1.06. The second-order valence-corrected chi connectivity index (χ2v) is 11.7. The molecule has 228 valence electrons. The normalized spacial score (nSPS) is 20.3. The molecule has 0 bridgehead atoms. The highest BCUT2D eigenvalue weighted by Gasteiger charge is 2.42. The minimum absolute atomic E-state index is 0.106. The standard InChI is InChI=1S/C30H28ClFN6O5S/c1-2-43-29(41)23-22(34-26(27-33-9-12-44-27)35-25(23)20-7-4-8-21(32)24(20)31)16-36-10-11-37-19(14-36)15-38(30(37)42)18-6-3-5-17(13-18)28(39)40/h3-9,12-13,19,25H,2,10-11,14-16H2,1H3,(H,34,35)(H,39,40)/t19-,25-/m0/s1. The molecule has 14 heteroatoms. The fraction of sp³-hybridized carbons (Fsp3) is 0.300. The molecule has 3 aliphatic heterocycles. The van der Waals surface area contributed by atoms with Crippen molar-refractivity contribution in [1.82, 2.24) is 20.1 Å². The maximum absolute atomic E-state index is 14.6. The predicted octanol–water partition coefficient (Wildman–Crippen LogP) is 4.17. The highest BCUT2D eigenvalue weighted by molar-refractivity contribution is 7.11. The van der Waals surface area contributed by atoms with Gasteiger partial charge in [-0.05, 0) is 31.2 Å². The molecule has 0 radical (unpaired) electrons. The number of nitrogens with one attached hydrogen (secondary N) is 1. The van der Waals surface area contributed by atoms with Crippen LogP contribution in [-0.2, 0) is 9.53 Å². The van der Waals surface area contributed by atoms with Crippen LogP contribution >= 0.6 is 22.9 Å². The van der Waals surface area contributed by atoms with Gasteiger partial charge < -0.3 is 20.1 Å². The molecule has 2 atom stereocenters. The van der Waals surface area contributed by atoms with Gasteiger partial charge in [0.2, 0.25) is 0 Å². The van der Waals surface area contributed by atoms with Gasteiger partial charge in [0.1, 0.15) is 11.9 Å². The number of ether oxygens (including phenoxy) is 1. The maximum Gasteiger partial charge on any atom is 0.338 e. The van der Waals surface area contributed by atoms with Gasteiger partial charge in [0.25, 0.3) is 0 Å². The summed E-state index contributed by atoms with van der Waals surface area (Å²) in [6.45, 7) is 3.95. The minimum Gasteiger partial charge on any atom is -0.478 e. The number of esters is 1. The number of anilines is 1. The van der Waals surface area contributed by atoms with Gasteiger partial charge in [0.05, 0.1) is 28.8 Å². The number of amides is 2. The van der Waals surface area contributed by atoms with E-state index in [0.717, 1.165) is 0 Å². The number of benzene rings is 2. The van der Waals surface area contributed by atoms with Gasteiger partial charge in [0, 0.05) is 61.2 Å². The summed E-state index contributed by atoms with van der Waals surface area (Å²) in [4.78, 5) is 52.9. The Bertz CT molecular complexity index is 1680. The molecule has 4 heterocycles. The molecule has 2 fully saturated rings. The summed E-state index contributed by atoms with van der Waals surface area (Å²) in [6, 6.07) is 9.44. The Balaban J connectivity index is 1.31. The van der Waals surface area contributed by atoms with E-state index < -0.39 is 23.8 Å². The number of piperazine rings is 1. The predicted molar refractivity (Wildman–Crippen MR) is 163 cm³/mol. The van der Waals surface area contributed by atoms with E-state index in [1.54, 1.807) is 41.1 Å². The first-order chi connectivity index (χ1) is 21.2. The highest BCUT2D eigenvalue weighted by atomic mass is 35.5. The van der Waals surface area contributed by atoms with Gasteiger partial charge >= 0.3 is 18.0 Å². The second kappa shape index (κ2) is 12.3. The van der Waals surface area contributed by atoms with E-state index in [0.29, 0.717) is 54.0 Å². The van der Waals surface area contributed by atoms with Crippen molar-refractivity contribution < 1.29 is 28.6 Å². The number of hydrogen-bond acceptors (Lipinski definition) is 9. The van der Waals surface area contributed by atoms with E-state index in [1.165, 1.54) is 35.6 Å². The molecule has 0 saturated carbocycles. The van der Waals surface area contributed by atoms with Crippen LogP contribution in [0.5, 0.6) is 0 Å². The number of halogens is 2. The van der Waals surface area contributed by atoms with Gasteiger partial charge in [-0.2, -0.15) is 0 Å². The number of carboxylic acid groups (broad SMARTS) is 1. The number of aliphatic imine (C=N–C) groups is 1. The molecule has 0 aliphatic carbocycles. The molecule has 0 spiro atoms. The van der Waals surface area contributed by atoms with Gasteiger partial charge in [-0.1, -0.05) is 29.8 Å². The van der Waals surface area contributed by atoms with Crippen LogP contribution < -0.4 is 10.2 Å². The van der Waals surface area contributed by atoms with Crippen molar-refractivity contribution in [2.75, 3.05) is 44.2 Å². The van der Waals surface area contributed by atoms with Crippen LogP contribution in [0.2, 0.25) is 5.02 Å². The second-order valence-electron chi connectivity index (χ2n) is 10.4. The van der Waals surface area contributed by atoms with E-state index in [1.807, 2.05) is 5.38 Å². The zero-order valence-electron chi connectivity index (χ0n) is 23.6. The van der Waals surface area contributed by atoms with Gasteiger partial charge in [-0.15, -0.1) is 11.3 Å². The van der Waals surface area contributed by atoms with Gasteiger partial charge in [-0.3, -0.25) is 14.8 Å². The van der Waals surface area contributed by atoms with E-state index in [9.17, 15) is 23.9 Å². The molecule has 44 heavy (non-hydrogen) atoms. The third-order valence-corrected chi connectivity index (χ3v) is 8.93. The van der Waals surface area contributed by atoms with Crippen LogP contribution in [0.4, 0.5) is 14.9 Å². The summed E-state index contributed by atoms with van der Waals surface area (Å²) < 4.78 is 20.1. The molecule has 0 unspecified atom stereocenters. The molecule has 2 N–H and O–H groups in total. The van der Waals surface area contributed by atoms with Crippen LogP contribution in [0.1, 0.15) is 33.9 Å². The fourth-order valence-corrected chi connectivity index (χ4v) is 6.55. The number of carbonyl (C=O) groups is 3. The molecule has 11 nitrogen and oxygen atoms in total. The number of amidine groups is 1. The number of urea groups is 1. The monoisotopic (exact) mass is 638 g/mol. The number of carbonyl (C=O) groups excluding carboxylic acids is 2. The van der Waals surface area contributed by atoms with Crippen molar-refractivity contribution in [1.29, 1.82) is 0 Å². The largest absolute Gasteiger partial charge is 0.478 e. The van der Waals surface area contributed by atoms with Gasteiger partial charge in [0.15, 0.2) is 10.8 Å². The van der Waals surface area contributed by atoms with E-state index >= 15 is 0 Å². The molecule has 3 aromatic rings. The lowest BCUT2D eigenvalue weighted by Crippen LogP contribution is -2.53. The number of rotatable bonds is 8. The number of aromatic carboxylic acids is 1. The van der Waals surface area contributed by atoms with Crippen molar-refractivity contribution in [3.05, 3.63) is 92.3 Å². The maximum atomic E-state index is 14.6. The first-order valence-corrected chi connectivity index (χ1v) is 15.2. The van der Waals surface area contributed by atoms with Crippen LogP contribution in [0.15, 0.2) is 70.3 Å². The summed E-state index contributed by atoms with van der Waals surface area (Å²) in [5.41, 5.74) is 1.70. The Hall–Kier alpha value is -4.33. The summed E-state index contributed by atoms with van der Waals surface area (Å²) in [6.07, 6.45) is 1.65. The van der Waals surface area contributed by atoms with E-state index in [-0.39, 0.29) is 41.4 Å². The summed E-state index contributed by atoms with van der Waals surface area (Å²) >= 11 is 7.78. The Labute approximate surface area is 261 Å². The SMILES string of the molecule is CCOC(=O)C1=C(CN2CCN3C(=O)N(c4cccc(C(=O)O)c4)C[C@@H]3C2)NC(c2nccs2)=N[C@H]1c1cccc(F)c1Cl. The summed E-state index contributed by atoms with van der Waals surface area (Å²) in [5.74, 6) is -1.86. The molecule has 3 aliphatic rings. The molecular formula is C30H28ClFN6O5S. The number of thiazole rings is 1. The molecule has 2 saturated heterocycles. The van der Waals surface area contributed by atoms with Crippen LogP contribution in [0.3, 0.4) is 0 Å². The summed E-state index contributed by atoms with van der Waals surface area (Å²) in [5, 5.41) is 15.0. The number of fused-ring (bicyclic) bond motifs is 1. The Morgan fingerprint density at radius 1 is 1.20 bits per heavy atom. The lowest BCUT2D eigenvalue weighted by Gasteiger charge is -2.38. The summed E-state index contributed by atoms with van der Waals surface area (Å²) in [7, 11) is 0. The number of aromatic nitrogens is 1.